The molecule has 2 saturated heterocycles. The number of likely N-dealkylation sites (tertiary alicyclic amines) is 1. The van der Waals surface area contributed by atoms with Crippen LogP contribution < -0.4 is 4.90 Å². The molecule has 1 aromatic heterocycles. The summed E-state index contributed by atoms with van der Waals surface area (Å²) in [5.41, 5.74) is 1.59. The highest BCUT2D eigenvalue weighted by Crippen LogP contribution is 2.34. The lowest BCUT2D eigenvalue weighted by Gasteiger charge is -2.22. The minimum Gasteiger partial charge on any atom is -0.381 e. The van der Waals surface area contributed by atoms with E-state index in [1.165, 1.54) is 13.0 Å². The van der Waals surface area contributed by atoms with Gasteiger partial charge in [-0.1, -0.05) is 5.16 Å². The number of rotatable bonds is 6. The van der Waals surface area contributed by atoms with Crippen LogP contribution in [-0.4, -0.2) is 67.3 Å². The van der Waals surface area contributed by atoms with Gasteiger partial charge in [0.1, 0.15) is 6.04 Å². The van der Waals surface area contributed by atoms with Crippen LogP contribution >= 0.6 is 0 Å². The summed E-state index contributed by atoms with van der Waals surface area (Å²) in [5, 5.41) is 4.15. The number of nitrogens with zero attached hydrogens (tertiary/aromatic N) is 4. The van der Waals surface area contributed by atoms with Crippen molar-refractivity contribution >= 4 is 27.3 Å². The first kappa shape index (κ1) is 23.9. The van der Waals surface area contributed by atoms with Crippen LogP contribution in [0.4, 0.5) is 5.69 Å². The second-order valence-corrected chi connectivity index (χ2v) is 11.5. The van der Waals surface area contributed by atoms with E-state index in [2.05, 4.69) is 10.1 Å². The number of ether oxygens (including phenoxy) is 1. The van der Waals surface area contributed by atoms with Crippen LogP contribution in [0.5, 0.6) is 0 Å². The zero-order valence-electron chi connectivity index (χ0n) is 19.8. The summed E-state index contributed by atoms with van der Waals surface area (Å²) in [7, 11) is -3.65. The second kappa shape index (κ2) is 9.69. The summed E-state index contributed by atoms with van der Waals surface area (Å²) in [6, 6.07) is 4.52. The van der Waals surface area contributed by atoms with Gasteiger partial charge >= 0.3 is 0 Å². The van der Waals surface area contributed by atoms with E-state index < -0.39 is 9.84 Å². The number of anilines is 1. The van der Waals surface area contributed by atoms with Gasteiger partial charge in [0, 0.05) is 51.3 Å². The van der Waals surface area contributed by atoms with E-state index in [0.29, 0.717) is 50.9 Å². The molecule has 0 N–H and O–H groups in total. The number of hydrogen-bond donors (Lipinski definition) is 0. The molecule has 11 heteroatoms. The van der Waals surface area contributed by atoms with Crippen LogP contribution in [0.2, 0.25) is 0 Å². The lowest BCUT2D eigenvalue weighted by molar-refractivity contribution is -0.132. The predicted octanol–water partition coefficient (Wildman–Crippen LogP) is 2.40. The highest BCUT2D eigenvalue weighted by atomic mass is 32.2. The van der Waals surface area contributed by atoms with Crippen LogP contribution in [0.3, 0.4) is 0 Å². The number of amides is 2. The first-order valence-electron chi connectivity index (χ1n) is 12.2. The molecular weight excluding hydrogens is 472 g/mol. The van der Waals surface area contributed by atoms with E-state index in [1.807, 2.05) is 0 Å². The molecule has 2 fully saturated rings. The molecule has 2 amide bonds. The molecule has 0 bridgehead atoms. The van der Waals surface area contributed by atoms with Crippen molar-refractivity contribution in [3.8, 4) is 0 Å². The van der Waals surface area contributed by atoms with Crippen molar-refractivity contribution in [2.75, 3.05) is 37.0 Å². The molecule has 1 unspecified atom stereocenters. The van der Waals surface area contributed by atoms with Gasteiger partial charge in [-0.3, -0.25) is 9.59 Å². The van der Waals surface area contributed by atoms with Gasteiger partial charge in [-0.15, -0.1) is 0 Å². The molecule has 2 aromatic rings. The first-order chi connectivity index (χ1) is 16.8. The van der Waals surface area contributed by atoms with Gasteiger partial charge in [0.05, 0.1) is 10.6 Å². The van der Waals surface area contributed by atoms with Gasteiger partial charge in [0.15, 0.2) is 15.7 Å². The molecule has 0 aliphatic carbocycles. The van der Waals surface area contributed by atoms with Crippen LogP contribution in [0.1, 0.15) is 68.3 Å². The van der Waals surface area contributed by atoms with Crippen molar-refractivity contribution in [1.29, 1.82) is 0 Å². The highest BCUT2D eigenvalue weighted by molar-refractivity contribution is 7.91. The molecule has 5 rings (SSSR count). The molecule has 1 atom stereocenters. The van der Waals surface area contributed by atoms with E-state index in [0.717, 1.165) is 30.5 Å². The second-order valence-electron chi connectivity index (χ2n) is 9.40. The van der Waals surface area contributed by atoms with Gasteiger partial charge in [-0.25, -0.2) is 8.42 Å². The summed E-state index contributed by atoms with van der Waals surface area (Å²) >= 11 is 0. The van der Waals surface area contributed by atoms with Crippen molar-refractivity contribution in [3.63, 3.8) is 0 Å². The van der Waals surface area contributed by atoms with Crippen molar-refractivity contribution in [1.82, 2.24) is 15.0 Å². The zero-order valence-corrected chi connectivity index (χ0v) is 20.6. The topological polar surface area (TPSA) is 123 Å². The first-order valence-corrected chi connectivity index (χ1v) is 13.8. The number of fused-ring (bicyclic) bond motifs is 1. The van der Waals surface area contributed by atoms with Gasteiger partial charge in [0.2, 0.25) is 17.7 Å². The Morgan fingerprint density at radius 3 is 2.71 bits per heavy atom. The van der Waals surface area contributed by atoms with Gasteiger partial charge in [-0.2, -0.15) is 4.98 Å². The molecule has 3 aliphatic rings. The SMILES string of the molecule is CC(=O)N1CCc2cc(S(=O)(=O)CCC(=O)N3CCCC3c3nc(C4CCOCC4)no3)ccc21. The van der Waals surface area contributed by atoms with E-state index in [1.54, 1.807) is 21.9 Å². The minimum atomic E-state index is -3.65. The Hall–Kier alpha value is -2.79. The summed E-state index contributed by atoms with van der Waals surface area (Å²) < 4.78 is 36.9. The average molecular weight is 503 g/mol. The number of aromatic nitrogens is 2. The molecule has 35 heavy (non-hydrogen) atoms. The highest BCUT2D eigenvalue weighted by Gasteiger charge is 2.35. The lowest BCUT2D eigenvalue weighted by atomic mass is 10.00. The Morgan fingerprint density at radius 1 is 1.14 bits per heavy atom. The molecule has 0 radical (unpaired) electrons. The molecule has 0 saturated carbocycles. The van der Waals surface area contributed by atoms with Crippen LogP contribution in [0.25, 0.3) is 0 Å². The average Bonchev–Trinajstić information content (AvgIpc) is 3.61. The third-order valence-corrected chi connectivity index (χ3v) is 8.89. The molecule has 10 nitrogen and oxygen atoms in total. The summed E-state index contributed by atoms with van der Waals surface area (Å²) in [5.74, 6) is 0.712. The van der Waals surface area contributed by atoms with Crippen LogP contribution in [0.15, 0.2) is 27.6 Å². The maximum absolute atomic E-state index is 13.0. The van der Waals surface area contributed by atoms with Crippen LogP contribution in [0, 0.1) is 0 Å². The standard InChI is InChI=1S/C24H30N4O6S/c1-16(29)27-11-6-18-15-19(4-5-20(18)27)35(31,32)14-9-22(30)28-10-2-3-21(28)24-25-23(26-34-24)17-7-12-33-13-8-17/h4-5,15,17,21H,2-3,6-14H2,1H3. The fourth-order valence-corrected chi connectivity index (χ4v) is 6.48. The largest absolute Gasteiger partial charge is 0.381 e. The van der Waals surface area contributed by atoms with Gasteiger partial charge in [0.25, 0.3) is 0 Å². The van der Waals surface area contributed by atoms with Crippen LogP contribution in [-0.2, 0) is 30.6 Å². The van der Waals surface area contributed by atoms with E-state index in [4.69, 9.17) is 9.26 Å². The number of sulfone groups is 1. The maximum Gasteiger partial charge on any atom is 0.249 e. The third-order valence-electron chi connectivity index (χ3n) is 7.17. The van der Waals surface area contributed by atoms with Gasteiger partial charge < -0.3 is 19.1 Å². The summed E-state index contributed by atoms with van der Waals surface area (Å²) in [6.45, 7) is 3.94. The molecule has 188 valence electrons. The number of carbonyl (C=O) groups is 2. The Labute approximate surface area is 204 Å². The Kier molecular flexibility index (Phi) is 6.63. The smallest absolute Gasteiger partial charge is 0.249 e. The Bertz CT molecular complexity index is 1220. The fourth-order valence-electron chi connectivity index (χ4n) is 5.21. The third kappa shape index (κ3) is 4.84. The predicted molar refractivity (Wildman–Crippen MR) is 126 cm³/mol. The van der Waals surface area contributed by atoms with E-state index >= 15 is 0 Å². The normalized spacial score (nSPS) is 20.9. The van der Waals surface area contributed by atoms with Crippen molar-refractivity contribution in [2.45, 2.75) is 62.3 Å². The summed E-state index contributed by atoms with van der Waals surface area (Å²) in [6.07, 6.45) is 3.71. The maximum atomic E-state index is 13.0. The molecule has 3 aliphatic heterocycles. The molecule has 0 spiro atoms. The van der Waals surface area contributed by atoms with Crippen molar-refractivity contribution < 1.29 is 27.3 Å². The molecular formula is C24H30N4O6S. The minimum absolute atomic E-state index is 0.0637. The van der Waals surface area contributed by atoms with Gasteiger partial charge in [-0.05, 0) is 55.9 Å². The number of hydrogen-bond acceptors (Lipinski definition) is 8. The van der Waals surface area contributed by atoms with Crippen molar-refractivity contribution in [2.24, 2.45) is 0 Å². The molecule has 4 heterocycles. The fraction of sp³-hybridized carbons (Fsp3) is 0.583. The van der Waals surface area contributed by atoms with E-state index in [-0.39, 0.29) is 40.8 Å². The Morgan fingerprint density at radius 2 is 1.94 bits per heavy atom. The monoisotopic (exact) mass is 502 g/mol. The van der Waals surface area contributed by atoms with Crippen molar-refractivity contribution in [3.05, 3.63) is 35.5 Å². The van der Waals surface area contributed by atoms with E-state index in [9.17, 15) is 18.0 Å². The zero-order chi connectivity index (χ0) is 24.6. The number of benzene rings is 1. The quantitative estimate of drug-likeness (QED) is 0.590. The summed E-state index contributed by atoms with van der Waals surface area (Å²) in [4.78, 5) is 32.9. The molecule has 1 aromatic carbocycles. The number of carbonyl (C=O) groups excluding carboxylic acids is 2. The Balaban J connectivity index is 1.23. The lowest BCUT2D eigenvalue weighted by Crippen LogP contribution is -2.32.